The molecule has 1 rings (SSSR count). The third-order valence-electron chi connectivity index (χ3n) is 3.55. The molecule has 0 aromatic carbocycles. The molecular formula is C13H27NO2S. The van der Waals surface area contributed by atoms with Crippen molar-refractivity contribution in [1.82, 2.24) is 4.72 Å². The van der Waals surface area contributed by atoms with Crippen LogP contribution in [0.25, 0.3) is 0 Å². The first kappa shape index (κ1) is 15.0. The highest BCUT2D eigenvalue weighted by Crippen LogP contribution is 2.32. The van der Waals surface area contributed by atoms with Crippen LogP contribution in [0.2, 0.25) is 0 Å². The SMILES string of the molecule is CC(C)C1CCC(S(=O)(=O)NC(C)(C)C)CC1. The lowest BCUT2D eigenvalue weighted by atomic mass is 9.81. The molecule has 0 unspecified atom stereocenters. The van der Waals surface area contributed by atoms with E-state index in [1.165, 1.54) is 0 Å². The third-order valence-corrected chi connectivity index (χ3v) is 5.79. The first-order valence-corrected chi connectivity index (χ1v) is 8.19. The average Bonchev–Trinajstić information content (AvgIpc) is 2.14. The summed E-state index contributed by atoms with van der Waals surface area (Å²) >= 11 is 0. The molecule has 0 aromatic rings. The van der Waals surface area contributed by atoms with Gasteiger partial charge in [-0.25, -0.2) is 13.1 Å². The highest BCUT2D eigenvalue weighted by molar-refractivity contribution is 7.90. The van der Waals surface area contributed by atoms with Crippen molar-refractivity contribution in [3.8, 4) is 0 Å². The maximum Gasteiger partial charge on any atom is 0.214 e. The monoisotopic (exact) mass is 261 g/mol. The second kappa shape index (κ2) is 5.27. The minimum Gasteiger partial charge on any atom is -0.212 e. The van der Waals surface area contributed by atoms with E-state index in [1.807, 2.05) is 20.8 Å². The van der Waals surface area contributed by atoms with E-state index < -0.39 is 10.0 Å². The standard InChI is InChI=1S/C13H27NO2S/c1-10(2)11-6-8-12(9-7-11)17(15,16)14-13(3,4)5/h10-12,14H,6-9H2,1-5H3. The summed E-state index contributed by atoms with van der Waals surface area (Å²) in [5.74, 6) is 1.38. The van der Waals surface area contributed by atoms with Crippen molar-refractivity contribution in [2.24, 2.45) is 11.8 Å². The van der Waals surface area contributed by atoms with Gasteiger partial charge >= 0.3 is 0 Å². The van der Waals surface area contributed by atoms with Crippen LogP contribution in [0.3, 0.4) is 0 Å². The molecule has 0 aliphatic heterocycles. The summed E-state index contributed by atoms with van der Waals surface area (Å²) in [6, 6.07) is 0. The fourth-order valence-electron chi connectivity index (χ4n) is 2.58. The third kappa shape index (κ3) is 4.59. The Morgan fingerprint density at radius 3 is 1.88 bits per heavy atom. The van der Waals surface area contributed by atoms with E-state index in [2.05, 4.69) is 18.6 Å². The van der Waals surface area contributed by atoms with Crippen LogP contribution in [-0.2, 0) is 10.0 Å². The number of sulfonamides is 1. The van der Waals surface area contributed by atoms with Crippen molar-refractivity contribution in [2.75, 3.05) is 0 Å². The summed E-state index contributed by atoms with van der Waals surface area (Å²) in [7, 11) is -3.14. The highest BCUT2D eigenvalue weighted by Gasteiger charge is 2.33. The zero-order valence-electron chi connectivity index (χ0n) is 11.8. The summed E-state index contributed by atoms with van der Waals surface area (Å²) in [6.45, 7) is 10.1. The predicted octanol–water partition coefficient (Wildman–Crippen LogP) is 2.92. The smallest absolute Gasteiger partial charge is 0.212 e. The summed E-state index contributed by atoms with van der Waals surface area (Å²) < 4.78 is 27.1. The molecular weight excluding hydrogens is 234 g/mol. The topological polar surface area (TPSA) is 46.2 Å². The van der Waals surface area contributed by atoms with Crippen LogP contribution in [0.1, 0.15) is 60.3 Å². The van der Waals surface area contributed by atoms with E-state index in [0.29, 0.717) is 11.8 Å². The Hall–Kier alpha value is -0.0900. The fraction of sp³-hybridized carbons (Fsp3) is 1.00. The van der Waals surface area contributed by atoms with Gasteiger partial charge in [-0.1, -0.05) is 13.8 Å². The Kier molecular flexibility index (Phi) is 4.64. The van der Waals surface area contributed by atoms with Gasteiger partial charge in [0.1, 0.15) is 0 Å². The van der Waals surface area contributed by atoms with Crippen molar-refractivity contribution in [1.29, 1.82) is 0 Å². The second-order valence-electron chi connectivity index (χ2n) is 6.68. The summed E-state index contributed by atoms with van der Waals surface area (Å²) in [5.41, 5.74) is -0.367. The molecule has 1 fully saturated rings. The molecule has 1 saturated carbocycles. The van der Waals surface area contributed by atoms with Gasteiger partial charge in [0, 0.05) is 5.54 Å². The molecule has 0 amide bonds. The molecule has 0 atom stereocenters. The van der Waals surface area contributed by atoms with Crippen LogP contribution < -0.4 is 4.72 Å². The van der Waals surface area contributed by atoms with Crippen LogP contribution in [0.4, 0.5) is 0 Å². The lowest BCUT2D eigenvalue weighted by molar-refractivity contribution is 0.278. The van der Waals surface area contributed by atoms with Gasteiger partial charge < -0.3 is 0 Å². The van der Waals surface area contributed by atoms with Gasteiger partial charge in [0.15, 0.2) is 0 Å². The van der Waals surface area contributed by atoms with Crippen LogP contribution in [0.5, 0.6) is 0 Å². The van der Waals surface area contributed by atoms with Crippen LogP contribution in [-0.4, -0.2) is 19.2 Å². The summed E-state index contributed by atoms with van der Waals surface area (Å²) in [5, 5.41) is -0.184. The van der Waals surface area contributed by atoms with Gasteiger partial charge in [-0.15, -0.1) is 0 Å². The molecule has 0 saturated heterocycles. The molecule has 1 aliphatic rings. The Balaban J connectivity index is 2.59. The maximum atomic E-state index is 12.2. The first-order valence-electron chi connectivity index (χ1n) is 6.64. The van der Waals surface area contributed by atoms with E-state index in [0.717, 1.165) is 25.7 Å². The van der Waals surface area contributed by atoms with Gasteiger partial charge in [-0.05, 0) is 58.3 Å². The van der Waals surface area contributed by atoms with E-state index in [9.17, 15) is 8.42 Å². The Bertz CT molecular complexity index is 333. The van der Waals surface area contributed by atoms with Gasteiger partial charge in [0.2, 0.25) is 10.0 Å². The fourth-order valence-corrected chi connectivity index (χ4v) is 4.49. The van der Waals surface area contributed by atoms with Crippen LogP contribution in [0.15, 0.2) is 0 Å². The molecule has 0 radical (unpaired) electrons. The molecule has 102 valence electrons. The number of rotatable bonds is 3. The lowest BCUT2D eigenvalue weighted by Crippen LogP contribution is -2.46. The van der Waals surface area contributed by atoms with Gasteiger partial charge in [-0.3, -0.25) is 0 Å². The molecule has 17 heavy (non-hydrogen) atoms. The van der Waals surface area contributed by atoms with E-state index in [1.54, 1.807) is 0 Å². The molecule has 0 heterocycles. The van der Waals surface area contributed by atoms with E-state index in [4.69, 9.17) is 0 Å². The molecule has 1 N–H and O–H groups in total. The van der Waals surface area contributed by atoms with Gasteiger partial charge in [-0.2, -0.15) is 0 Å². The normalized spacial score (nSPS) is 27.4. The number of hydrogen-bond acceptors (Lipinski definition) is 2. The molecule has 0 aromatic heterocycles. The largest absolute Gasteiger partial charge is 0.214 e. The van der Waals surface area contributed by atoms with Crippen molar-refractivity contribution in [3.05, 3.63) is 0 Å². The van der Waals surface area contributed by atoms with Crippen molar-refractivity contribution < 1.29 is 8.42 Å². The van der Waals surface area contributed by atoms with Gasteiger partial charge in [0.05, 0.1) is 5.25 Å². The summed E-state index contributed by atoms with van der Waals surface area (Å²) in [4.78, 5) is 0. The highest BCUT2D eigenvalue weighted by atomic mass is 32.2. The predicted molar refractivity (Wildman–Crippen MR) is 72.4 cm³/mol. The Morgan fingerprint density at radius 1 is 1.06 bits per heavy atom. The van der Waals surface area contributed by atoms with Crippen LogP contribution in [0, 0.1) is 11.8 Å². The Morgan fingerprint density at radius 2 is 1.53 bits per heavy atom. The maximum absolute atomic E-state index is 12.2. The number of hydrogen-bond donors (Lipinski definition) is 1. The van der Waals surface area contributed by atoms with E-state index >= 15 is 0 Å². The molecule has 0 spiro atoms. The van der Waals surface area contributed by atoms with E-state index in [-0.39, 0.29) is 10.8 Å². The second-order valence-corrected chi connectivity index (χ2v) is 8.64. The minimum atomic E-state index is -3.14. The minimum absolute atomic E-state index is 0.184. The average molecular weight is 261 g/mol. The van der Waals surface area contributed by atoms with Crippen LogP contribution >= 0.6 is 0 Å². The molecule has 4 heteroatoms. The molecule has 3 nitrogen and oxygen atoms in total. The first-order chi connectivity index (χ1) is 7.62. The molecule has 1 aliphatic carbocycles. The lowest BCUT2D eigenvalue weighted by Gasteiger charge is -2.32. The Labute approximate surface area is 106 Å². The zero-order chi connectivity index (χ0) is 13.3. The van der Waals surface area contributed by atoms with Crippen molar-refractivity contribution in [2.45, 2.75) is 71.1 Å². The van der Waals surface area contributed by atoms with Crippen molar-refractivity contribution >= 4 is 10.0 Å². The summed E-state index contributed by atoms with van der Waals surface area (Å²) in [6.07, 6.45) is 3.73. The number of nitrogens with one attached hydrogen (secondary N) is 1. The van der Waals surface area contributed by atoms with Crippen molar-refractivity contribution in [3.63, 3.8) is 0 Å². The van der Waals surface area contributed by atoms with Gasteiger partial charge in [0.25, 0.3) is 0 Å². The molecule has 0 bridgehead atoms. The zero-order valence-corrected chi connectivity index (χ0v) is 12.6. The quantitative estimate of drug-likeness (QED) is 0.849.